The molecule has 0 bridgehead atoms. The van der Waals surface area contributed by atoms with Gasteiger partial charge >= 0.3 is 0 Å². The molecule has 0 radical (unpaired) electrons. The minimum Gasteiger partial charge on any atom is -0.394 e. The van der Waals surface area contributed by atoms with Gasteiger partial charge < -0.3 is 40.3 Å². The van der Waals surface area contributed by atoms with Gasteiger partial charge in [0, 0.05) is 6.42 Å². The number of carbonyl (C=O) groups excluding carboxylic acids is 1. The third kappa shape index (κ3) is 52.1. The summed E-state index contributed by atoms with van der Waals surface area (Å²) in [6, 6.07) is -0.807. The van der Waals surface area contributed by atoms with Crippen molar-refractivity contribution >= 4 is 5.91 Å². The minimum absolute atomic E-state index is 0.171. The van der Waals surface area contributed by atoms with Crippen molar-refractivity contribution < 1.29 is 39.8 Å². The lowest BCUT2D eigenvalue weighted by Gasteiger charge is -2.40. The molecule has 84 heavy (non-hydrogen) atoms. The van der Waals surface area contributed by atoms with Crippen LogP contribution in [0.3, 0.4) is 0 Å². The second-order valence-electron chi connectivity index (χ2n) is 25.7. The van der Waals surface area contributed by atoms with Gasteiger partial charge in [-0.25, -0.2) is 0 Å². The zero-order valence-electron chi connectivity index (χ0n) is 55.4. The Morgan fingerprint density at radius 3 is 1.04 bits per heavy atom. The molecule has 1 amide bonds. The average molecular weight is 1180 g/mol. The Balaban J connectivity index is 2.11. The molecule has 0 aromatic heterocycles. The van der Waals surface area contributed by atoms with Crippen LogP contribution in [0.1, 0.15) is 367 Å². The van der Waals surface area contributed by atoms with E-state index in [-0.39, 0.29) is 12.5 Å². The number of aliphatic hydroxyl groups excluding tert-OH is 5. The van der Waals surface area contributed by atoms with Crippen molar-refractivity contribution in [2.45, 2.75) is 410 Å². The number of hydrogen-bond acceptors (Lipinski definition) is 8. The molecule has 1 heterocycles. The van der Waals surface area contributed by atoms with E-state index in [0.717, 1.165) is 51.4 Å². The maximum absolute atomic E-state index is 13.1. The van der Waals surface area contributed by atoms with Gasteiger partial charge in [-0.15, -0.1) is 0 Å². The first-order valence-corrected chi connectivity index (χ1v) is 36.9. The standard InChI is InChI=1S/C75H141NO8/c1-3-5-7-9-11-13-15-17-19-21-23-25-27-29-31-33-35-37-39-41-43-45-47-49-51-53-55-57-59-61-63-65-71(79)76-68(67-83-75-74(82)73(81)72(80)70(66-77)84-75)69(78)64-62-60-58-56-54-52-50-48-46-44-42-40-38-36-34-32-30-28-26-24-22-20-18-16-14-12-10-8-6-4-2/h15,17,21,23,27,29,62,64,68-70,72-75,77-78,80-82H,3-14,16,18-20,22,24-26,28,30-61,63,65-67H2,1-2H3,(H,76,79)/b17-15-,23-21-,29-27-,64-62+. The van der Waals surface area contributed by atoms with E-state index >= 15 is 0 Å². The van der Waals surface area contributed by atoms with Gasteiger partial charge in [-0.3, -0.25) is 4.79 Å². The van der Waals surface area contributed by atoms with Crippen LogP contribution >= 0.6 is 0 Å². The number of ether oxygens (including phenoxy) is 2. The quantitative estimate of drug-likeness (QED) is 0.0261. The van der Waals surface area contributed by atoms with Gasteiger partial charge in [0.05, 0.1) is 25.4 Å². The predicted molar refractivity (Wildman–Crippen MR) is 359 cm³/mol. The molecule has 0 aliphatic carbocycles. The molecule has 1 rings (SSSR count). The van der Waals surface area contributed by atoms with Crippen molar-refractivity contribution in [1.82, 2.24) is 5.32 Å². The Morgan fingerprint density at radius 2 is 0.702 bits per heavy atom. The lowest BCUT2D eigenvalue weighted by atomic mass is 9.99. The summed E-state index contributed by atoms with van der Waals surface area (Å²) in [6.07, 6.45) is 80.8. The first kappa shape index (κ1) is 80.2. The molecule has 0 saturated carbocycles. The van der Waals surface area contributed by atoms with Gasteiger partial charge in [-0.2, -0.15) is 0 Å². The second-order valence-corrected chi connectivity index (χ2v) is 25.7. The summed E-state index contributed by atoms with van der Waals surface area (Å²) in [5, 5.41) is 54.8. The smallest absolute Gasteiger partial charge is 0.220 e. The van der Waals surface area contributed by atoms with Crippen molar-refractivity contribution in [3.63, 3.8) is 0 Å². The summed E-state index contributed by atoms with van der Waals surface area (Å²) in [4.78, 5) is 13.1. The van der Waals surface area contributed by atoms with E-state index in [0.29, 0.717) is 6.42 Å². The lowest BCUT2D eigenvalue weighted by Crippen LogP contribution is -2.60. The fourth-order valence-corrected chi connectivity index (χ4v) is 11.9. The van der Waals surface area contributed by atoms with Crippen LogP contribution in [0.5, 0.6) is 0 Å². The summed E-state index contributed by atoms with van der Waals surface area (Å²) in [6.45, 7) is 3.82. The third-order valence-electron chi connectivity index (χ3n) is 17.6. The Kier molecular flexibility index (Phi) is 61.2. The number of nitrogens with one attached hydrogen (secondary N) is 1. The molecule has 1 saturated heterocycles. The largest absolute Gasteiger partial charge is 0.394 e. The molecule has 9 nitrogen and oxygen atoms in total. The van der Waals surface area contributed by atoms with Gasteiger partial charge in [0.25, 0.3) is 0 Å². The van der Waals surface area contributed by atoms with Crippen molar-refractivity contribution in [1.29, 1.82) is 0 Å². The monoisotopic (exact) mass is 1180 g/mol. The van der Waals surface area contributed by atoms with E-state index in [1.807, 2.05) is 6.08 Å². The van der Waals surface area contributed by atoms with Crippen LogP contribution in [-0.4, -0.2) is 87.5 Å². The molecule has 494 valence electrons. The predicted octanol–water partition coefficient (Wildman–Crippen LogP) is 20.4. The molecular formula is C75H141NO8. The van der Waals surface area contributed by atoms with Crippen molar-refractivity contribution in [3.05, 3.63) is 48.6 Å². The van der Waals surface area contributed by atoms with E-state index in [9.17, 15) is 30.3 Å². The summed E-state index contributed by atoms with van der Waals surface area (Å²) >= 11 is 0. The van der Waals surface area contributed by atoms with Crippen LogP contribution in [-0.2, 0) is 14.3 Å². The van der Waals surface area contributed by atoms with Crippen LogP contribution in [0.15, 0.2) is 48.6 Å². The summed E-state index contributed by atoms with van der Waals surface area (Å²) in [5.74, 6) is -0.171. The minimum atomic E-state index is -1.57. The maximum atomic E-state index is 13.1. The van der Waals surface area contributed by atoms with Crippen LogP contribution in [0.25, 0.3) is 0 Å². The fraction of sp³-hybridized carbons (Fsp3) is 0.880. The van der Waals surface area contributed by atoms with Crippen molar-refractivity contribution in [3.8, 4) is 0 Å². The Morgan fingerprint density at radius 1 is 0.405 bits per heavy atom. The highest BCUT2D eigenvalue weighted by molar-refractivity contribution is 5.76. The third-order valence-corrected chi connectivity index (χ3v) is 17.6. The zero-order valence-corrected chi connectivity index (χ0v) is 55.4. The topological polar surface area (TPSA) is 149 Å². The highest BCUT2D eigenvalue weighted by Gasteiger charge is 2.44. The fourth-order valence-electron chi connectivity index (χ4n) is 11.9. The molecule has 0 spiro atoms. The second kappa shape index (κ2) is 64.1. The van der Waals surface area contributed by atoms with E-state index in [1.165, 1.54) is 295 Å². The van der Waals surface area contributed by atoms with Crippen molar-refractivity contribution in [2.24, 2.45) is 0 Å². The van der Waals surface area contributed by atoms with Crippen LogP contribution in [0.4, 0.5) is 0 Å². The van der Waals surface area contributed by atoms with Gasteiger partial charge in [0.1, 0.15) is 24.4 Å². The first-order valence-electron chi connectivity index (χ1n) is 36.9. The summed E-state index contributed by atoms with van der Waals surface area (Å²) in [5.41, 5.74) is 0. The average Bonchev–Trinajstić information content (AvgIpc) is 3.70. The summed E-state index contributed by atoms with van der Waals surface area (Å²) in [7, 11) is 0. The highest BCUT2D eigenvalue weighted by Crippen LogP contribution is 2.24. The van der Waals surface area contributed by atoms with Crippen molar-refractivity contribution in [2.75, 3.05) is 13.2 Å². The van der Waals surface area contributed by atoms with Crippen LogP contribution in [0.2, 0.25) is 0 Å². The number of unbranched alkanes of at least 4 members (excludes halogenated alkanes) is 49. The number of carbonyl (C=O) groups is 1. The first-order chi connectivity index (χ1) is 41.3. The van der Waals surface area contributed by atoms with E-state index < -0.39 is 49.5 Å². The van der Waals surface area contributed by atoms with Gasteiger partial charge in [-0.05, 0) is 57.8 Å². The van der Waals surface area contributed by atoms with Gasteiger partial charge in [0.2, 0.25) is 5.91 Å². The number of rotatable bonds is 65. The van der Waals surface area contributed by atoms with Crippen LogP contribution < -0.4 is 5.32 Å². The molecule has 7 atom stereocenters. The number of aliphatic hydroxyl groups is 5. The molecule has 0 aromatic rings. The van der Waals surface area contributed by atoms with E-state index in [4.69, 9.17) is 9.47 Å². The zero-order chi connectivity index (χ0) is 60.7. The molecule has 0 aromatic carbocycles. The number of amides is 1. The Bertz CT molecular complexity index is 1470. The lowest BCUT2D eigenvalue weighted by molar-refractivity contribution is -0.302. The van der Waals surface area contributed by atoms with Crippen LogP contribution in [0, 0.1) is 0 Å². The van der Waals surface area contributed by atoms with Gasteiger partial charge in [-0.1, -0.05) is 351 Å². The van der Waals surface area contributed by atoms with Gasteiger partial charge in [0.15, 0.2) is 6.29 Å². The maximum Gasteiger partial charge on any atom is 0.220 e. The number of allylic oxidation sites excluding steroid dienone is 7. The SMILES string of the molecule is CCCCCCC/C=C\C/C=C\C/C=C\CCCCCCCCCCCCCCCCCCC(=O)NC(COC1OC(CO)C(O)C(O)C1O)C(O)/C=C/CCCCCCCCCCCCCCCCCCCCCCCCCCCCCC. The normalized spacial score (nSPS) is 18.4. The molecular weight excluding hydrogens is 1040 g/mol. The molecule has 1 aliphatic rings. The molecule has 1 fully saturated rings. The highest BCUT2D eigenvalue weighted by atomic mass is 16.7. The molecule has 1 aliphatic heterocycles. The Labute approximate surface area is 520 Å². The molecule has 7 unspecified atom stereocenters. The van der Waals surface area contributed by atoms with E-state index in [2.05, 4.69) is 55.6 Å². The molecule has 6 N–H and O–H groups in total. The summed E-state index contributed by atoms with van der Waals surface area (Å²) < 4.78 is 11.3. The molecule has 9 heteroatoms. The number of hydrogen-bond donors (Lipinski definition) is 6. The van der Waals surface area contributed by atoms with E-state index in [1.54, 1.807) is 6.08 Å². The Hall–Kier alpha value is -1.85.